The lowest BCUT2D eigenvalue weighted by atomic mass is 9.93. The molecule has 1 aliphatic heterocycles. The number of ether oxygens (including phenoxy) is 1. The minimum Gasteiger partial charge on any atom is -0.493 e. The lowest BCUT2D eigenvalue weighted by molar-refractivity contribution is 0.0641. The third-order valence-corrected chi connectivity index (χ3v) is 4.58. The number of nitrogens with zero attached hydrogens (tertiary/aromatic N) is 1. The zero-order chi connectivity index (χ0) is 14.7. The van der Waals surface area contributed by atoms with Crippen LogP contribution in [-0.2, 0) is 6.42 Å². The number of carbonyl (C=O) groups is 1. The lowest BCUT2D eigenvalue weighted by Crippen LogP contribution is -2.44. The van der Waals surface area contributed by atoms with Crippen LogP contribution in [0.2, 0.25) is 0 Å². The third-order valence-electron chi connectivity index (χ3n) is 4.58. The molecule has 1 saturated carbocycles. The Balaban J connectivity index is 1.79. The third kappa shape index (κ3) is 3.05. The maximum absolute atomic E-state index is 12.9. The molecule has 2 N–H and O–H groups in total. The highest BCUT2D eigenvalue weighted by atomic mass is 16.5. The summed E-state index contributed by atoms with van der Waals surface area (Å²) in [6.07, 6.45) is 6.85. The molecule has 1 aromatic rings. The van der Waals surface area contributed by atoms with Crippen molar-refractivity contribution in [2.75, 3.05) is 19.7 Å². The maximum Gasteiger partial charge on any atom is 0.254 e. The SMILES string of the molecule is NCCN(C(=O)c1ccc2c(c1)CCO2)C1CCCCC1. The van der Waals surface area contributed by atoms with Crippen molar-refractivity contribution in [3.8, 4) is 5.75 Å². The predicted molar refractivity (Wildman–Crippen MR) is 82.6 cm³/mol. The van der Waals surface area contributed by atoms with Crippen LogP contribution >= 0.6 is 0 Å². The Hall–Kier alpha value is -1.55. The van der Waals surface area contributed by atoms with Gasteiger partial charge < -0.3 is 15.4 Å². The molecule has 1 aliphatic carbocycles. The number of rotatable bonds is 4. The molecule has 0 saturated heterocycles. The normalized spacial score (nSPS) is 18.1. The van der Waals surface area contributed by atoms with Crippen molar-refractivity contribution in [3.63, 3.8) is 0 Å². The molecule has 3 rings (SSSR count). The van der Waals surface area contributed by atoms with Gasteiger partial charge in [0, 0.05) is 31.1 Å². The van der Waals surface area contributed by atoms with Gasteiger partial charge in [-0.1, -0.05) is 19.3 Å². The van der Waals surface area contributed by atoms with Crippen molar-refractivity contribution in [2.45, 2.75) is 44.6 Å². The maximum atomic E-state index is 12.9. The van der Waals surface area contributed by atoms with E-state index in [2.05, 4.69) is 0 Å². The second kappa shape index (κ2) is 6.48. The van der Waals surface area contributed by atoms with Gasteiger partial charge in [-0.15, -0.1) is 0 Å². The molecule has 21 heavy (non-hydrogen) atoms. The van der Waals surface area contributed by atoms with Crippen LogP contribution in [0.1, 0.15) is 48.0 Å². The zero-order valence-electron chi connectivity index (χ0n) is 12.5. The molecule has 1 fully saturated rings. The van der Waals surface area contributed by atoms with Crippen LogP contribution in [-0.4, -0.2) is 36.5 Å². The van der Waals surface area contributed by atoms with Gasteiger partial charge in [0.2, 0.25) is 0 Å². The first-order valence-electron chi connectivity index (χ1n) is 8.06. The Morgan fingerprint density at radius 1 is 1.29 bits per heavy atom. The van der Waals surface area contributed by atoms with Gasteiger partial charge >= 0.3 is 0 Å². The van der Waals surface area contributed by atoms with Crippen LogP contribution in [0.5, 0.6) is 5.75 Å². The van der Waals surface area contributed by atoms with E-state index in [-0.39, 0.29) is 5.91 Å². The van der Waals surface area contributed by atoms with Crippen LogP contribution in [0.4, 0.5) is 0 Å². The van der Waals surface area contributed by atoms with E-state index in [9.17, 15) is 4.79 Å². The molecule has 1 amide bonds. The average Bonchev–Trinajstić information content (AvgIpc) is 3.00. The summed E-state index contributed by atoms with van der Waals surface area (Å²) in [6.45, 7) is 1.90. The van der Waals surface area contributed by atoms with Crippen LogP contribution in [0, 0.1) is 0 Å². The minimum absolute atomic E-state index is 0.127. The fraction of sp³-hybridized carbons (Fsp3) is 0.588. The van der Waals surface area contributed by atoms with E-state index in [1.54, 1.807) is 0 Å². The van der Waals surface area contributed by atoms with Crippen molar-refractivity contribution in [1.29, 1.82) is 0 Å². The molecule has 0 radical (unpaired) electrons. The fourth-order valence-corrected chi connectivity index (χ4v) is 3.47. The highest BCUT2D eigenvalue weighted by Crippen LogP contribution is 2.28. The molecular weight excluding hydrogens is 264 g/mol. The molecule has 1 heterocycles. The molecule has 4 nitrogen and oxygen atoms in total. The summed E-state index contributed by atoms with van der Waals surface area (Å²) in [5.74, 6) is 1.05. The summed E-state index contributed by atoms with van der Waals surface area (Å²) in [6, 6.07) is 6.17. The largest absolute Gasteiger partial charge is 0.493 e. The first kappa shape index (κ1) is 14.4. The molecule has 1 aromatic carbocycles. The second-order valence-electron chi connectivity index (χ2n) is 6.00. The van der Waals surface area contributed by atoms with Crippen LogP contribution in [0.25, 0.3) is 0 Å². The van der Waals surface area contributed by atoms with Gasteiger partial charge in [0.15, 0.2) is 0 Å². The average molecular weight is 288 g/mol. The highest BCUT2D eigenvalue weighted by Gasteiger charge is 2.26. The van der Waals surface area contributed by atoms with Gasteiger partial charge in [-0.05, 0) is 36.6 Å². The van der Waals surface area contributed by atoms with Crippen molar-refractivity contribution in [3.05, 3.63) is 29.3 Å². The Morgan fingerprint density at radius 2 is 2.10 bits per heavy atom. The van der Waals surface area contributed by atoms with E-state index >= 15 is 0 Å². The van der Waals surface area contributed by atoms with Crippen LogP contribution in [0.15, 0.2) is 18.2 Å². The first-order chi connectivity index (χ1) is 10.3. The molecule has 114 valence electrons. The molecular formula is C17H24N2O2. The van der Waals surface area contributed by atoms with Crippen LogP contribution < -0.4 is 10.5 Å². The molecule has 0 unspecified atom stereocenters. The first-order valence-corrected chi connectivity index (χ1v) is 8.06. The van der Waals surface area contributed by atoms with Crippen molar-refractivity contribution < 1.29 is 9.53 Å². The number of benzene rings is 1. The van der Waals surface area contributed by atoms with E-state index in [0.717, 1.165) is 42.7 Å². The molecule has 0 spiro atoms. The van der Waals surface area contributed by atoms with E-state index in [0.29, 0.717) is 19.1 Å². The Bertz CT molecular complexity index is 510. The minimum atomic E-state index is 0.127. The molecule has 2 aliphatic rings. The number of carbonyl (C=O) groups excluding carboxylic acids is 1. The van der Waals surface area contributed by atoms with Gasteiger partial charge in [-0.3, -0.25) is 4.79 Å². The molecule has 4 heteroatoms. The Kier molecular flexibility index (Phi) is 4.44. The van der Waals surface area contributed by atoms with Crippen LogP contribution in [0.3, 0.4) is 0 Å². The van der Waals surface area contributed by atoms with E-state index in [1.165, 1.54) is 19.3 Å². The Morgan fingerprint density at radius 3 is 2.86 bits per heavy atom. The van der Waals surface area contributed by atoms with Gasteiger partial charge in [0.25, 0.3) is 5.91 Å². The number of hydrogen-bond donors (Lipinski definition) is 1. The van der Waals surface area contributed by atoms with Gasteiger partial charge in [0.1, 0.15) is 5.75 Å². The predicted octanol–water partition coefficient (Wildman–Crippen LogP) is 2.36. The number of hydrogen-bond acceptors (Lipinski definition) is 3. The number of amides is 1. The van der Waals surface area contributed by atoms with E-state index in [4.69, 9.17) is 10.5 Å². The standard InChI is InChI=1S/C17H24N2O2/c18-9-10-19(15-4-2-1-3-5-15)17(20)14-6-7-16-13(12-14)8-11-21-16/h6-7,12,15H,1-5,8-11,18H2. The highest BCUT2D eigenvalue weighted by molar-refractivity contribution is 5.95. The second-order valence-corrected chi connectivity index (χ2v) is 6.00. The summed E-state index contributed by atoms with van der Waals surface area (Å²) in [4.78, 5) is 14.9. The topological polar surface area (TPSA) is 55.6 Å². The fourth-order valence-electron chi connectivity index (χ4n) is 3.47. The smallest absolute Gasteiger partial charge is 0.254 e. The monoisotopic (exact) mass is 288 g/mol. The van der Waals surface area contributed by atoms with Crippen molar-refractivity contribution in [1.82, 2.24) is 4.90 Å². The zero-order valence-corrected chi connectivity index (χ0v) is 12.5. The molecule has 0 aromatic heterocycles. The molecule has 0 bridgehead atoms. The van der Waals surface area contributed by atoms with Crippen molar-refractivity contribution in [2.24, 2.45) is 5.73 Å². The summed E-state index contributed by atoms with van der Waals surface area (Å²) in [5, 5.41) is 0. The van der Waals surface area contributed by atoms with Gasteiger partial charge in [0.05, 0.1) is 6.61 Å². The van der Waals surface area contributed by atoms with Gasteiger partial charge in [-0.2, -0.15) is 0 Å². The summed E-state index contributed by atoms with van der Waals surface area (Å²) < 4.78 is 5.51. The van der Waals surface area contributed by atoms with E-state index in [1.807, 2.05) is 23.1 Å². The summed E-state index contributed by atoms with van der Waals surface area (Å²) >= 11 is 0. The van der Waals surface area contributed by atoms with Crippen molar-refractivity contribution >= 4 is 5.91 Å². The Labute approximate surface area is 126 Å². The molecule has 0 atom stereocenters. The number of nitrogens with two attached hydrogens (primary N) is 1. The lowest BCUT2D eigenvalue weighted by Gasteiger charge is -2.34. The van der Waals surface area contributed by atoms with Gasteiger partial charge in [-0.25, -0.2) is 0 Å². The van der Waals surface area contributed by atoms with E-state index < -0.39 is 0 Å². The quantitative estimate of drug-likeness (QED) is 0.925. The summed E-state index contributed by atoms with van der Waals surface area (Å²) in [5.41, 5.74) is 7.65. The summed E-state index contributed by atoms with van der Waals surface area (Å²) in [7, 11) is 0. The number of fused-ring (bicyclic) bond motifs is 1.